The number of nitrogens with one attached hydrogen (secondary N) is 1. The Balaban J connectivity index is 4.86. The molecule has 9 nitrogen and oxygen atoms in total. The number of carbonyl (C=O) groups is 3. The van der Waals surface area contributed by atoms with E-state index in [0.29, 0.717) is 0 Å². The zero-order valence-corrected chi connectivity index (χ0v) is 12.5. The first-order valence-corrected chi connectivity index (χ1v) is 7.83. The first-order valence-electron chi connectivity index (χ1n) is 5.87. The van der Waals surface area contributed by atoms with Gasteiger partial charge in [0, 0.05) is 11.7 Å². The number of hydrogen-bond donors (Lipinski definition) is 4. The summed E-state index contributed by atoms with van der Waals surface area (Å²) in [5.74, 6) is 1.08. The molecule has 0 aliphatic heterocycles. The van der Waals surface area contributed by atoms with Crippen molar-refractivity contribution in [3.8, 4) is 11.8 Å². The van der Waals surface area contributed by atoms with E-state index >= 15 is 0 Å². The van der Waals surface area contributed by atoms with Crippen LogP contribution in [0, 0.1) is 11.8 Å². The standard InChI is InChI=1S/C12H16N2O7S/c1-22(20,21)6-5-8(7-11(17)18)14-12(19)9(13)3-2-4-10(15)16/h5-6,8-9H,4,7,13H2,1H3,(H,14,19)(H,15,16)(H,17,18). The molecule has 0 saturated carbocycles. The van der Waals surface area contributed by atoms with Crippen LogP contribution in [0.5, 0.6) is 0 Å². The quantitative estimate of drug-likeness (QED) is 0.401. The van der Waals surface area contributed by atoms with Gasteiger partial charge in [0.2, 0.25) is 5.91 Å². The highest BCUT2D eigenvalue weighted by molar-refractivity contribution is 7.93. The first-order chi connectivity index (χ1) is 10.0. The molecule has 0 heterocycles. The average molecular weight is 332 g/mol. The summed E-state index contributed by atoms with van der Waals surface area (Å²) in [5.41, 5.74) is 5.40. The number of carboxylic acids is 2. The molecule has 0 aromatic heterocycles. The van der Waals surface area contributed by atoms with E-state index in [1.165, 1.54) is 0 Å². The normalized spacial score (nSPS) is 13.7. The molecule has 10 heteroatoms. The molecule has 0 aromatic carbocycles. The molecule has 0 rings (SSSR count). The van der Waals surface area contributed by atoms with Crippen molar-refractivity contribution in [2.75, 3.05) is 6.26 Å². The third kappa shape index (κ3) is 10.4. The lowest BCUT2D eigenvalue weighted by Crippen LogP contribution is -2.44. The van der Waals surface area contributed by atoms with Crippen LogP contribution >= 0.6 is 0 Å². The second-order valence-corrected chi connectivity index (χ2v) is 6.17. The van der Waals surface area contributed by atoms with Crippen LogP contribution < -0.4 is 11.1 Å². The van der Waals surface area contributed by atoms with Gasteiger partial charge in [-0.2, -0.15) is 0 Å². The highest BCUT2D eigenvalue weighted by Crippen LogP contribution is 1.98. The number of sulfone groups is 1. The van der Waals surface area contributed by atoms with Crippen molar-refractivity contribution in [1.29, 1.82) is 0 Å². The van der Waals surface area contributed by atoms with Gasteiger partial charge in [-0.05, 0) is 0 Å². The SMILES string of the molecule is CS(=O)(=O)C=CC(CC(=O)O)NC(=O)C(N)C#CCC(=O)O. The molecule has 0 radical (unpaired) electrons. The molecule has 0 bridgehead atoms. The van der Waals surface area contributed by atoms with Crippen LogP contribution in [-0.4, -0.2) is 54.8 Å². The van der Waals surface area contributed by atoms with Gasteiger partial charge >= 0.3 is 11.9 Å². The molecule has 22 heavy (non-hydrogen) atoms. The lowest BCUT2D eigenvalue weighted by Gasteiger charge is -2.14. The van der Waals surface area contributed by atoms with Crippen molar-refractivity contribution in [2.24, 2.45) is 5.73 Å². The molecule has 0 spiro atoms. The van der Waals surface area contributed by atoms with Crippen LogP contribution in [0.15, 0.2) is 11.5 Å². The summed E-state index contributed by atoms with van der Waals surface area (Å²) in [7, 11) is -3.48. The van der Waals surface area contributed by atoms with E-state index < -0.39 is 52.6 Å². The minimum Gasteiger partial charge on any atom is -0.481 e. The predicted molar refractivity (Wildman–Crippen MR) is 76.2 cm³/mol. The highest BCUT2D eigenvalue weighted by atomic mass is 32.2. The van der Waals surface area contributed by atoms with E-state index in [0.717, 1.165) is 17.7 Å². The molecule has 0 fully saturated rings. The zero-order chi connectivity index (χ0) is 17.3. The highest BCUT2D eigenvalue weighted by Gasteiger charge is 2.17. The molecule has 0 saturated heterocycles. The second kappa shape index (κ2) is 8.81. The number of carboxylic acid groups (broad SMARTS) is 2. The van der Waals surface area contributed by atoms with Gasteiger partial charge in [-0.15, -0.1) is 0 Å². The Morgan fingerprint density at radius 2 is 1.86 bits per heavy atom. The summed E-state index contributed by atoms with van der Waals surface area (Å²) in [6, 6.07) is -2.45. The summed E-state index contributed by atoms with van der Waals surface area (Å²) in [6.07, 6.45) is 0.881. The van der Waals surface area contributed by atoms with Crippen LogP contribution in [0.1, 0.15) is 12.8 Å². The second-order valence-electron chi connectivity index (χ2n) is 4.24. The number of nitrogens with two attached hydrogens (primary N) is 1. The lowest BCUT2D eigenvalue weighted by molar-refractivity contribution is -0.138. The number of amides is 1. The molecule has 5 N–H and O–H groups in total. The van der Waals surface area contributed by atoms with E-state index in [1.807, 2.05) is 0 Å². The summed E-state index contributed by atoms with van der Waals surface area (Å²) >= 11 is 0. The van der Waals surface area contributed by atoms with Crippen molar-refractivity contribution in [3.05, 3.63) is 11.5 Å². The fraction of sp³-hybridized carbons (Fsp3) is 0.417. The number of carbonyl (C=O) groups excluding carboxylic acids is 1. The van der Waals surface area contributed by atoms with Gasteiger partial charge in [0.05, 0.1) is 12.5 Å². The van der Waals surface area contributed by atoms with Crippen LogP contribution in [0.4, 0.5) is 0 Å². The minimum atomic E-state index is -3.48. The Morgan fingerprint density at radius 3 is 2.32 bits per heavy atom. The Labute approximate surface area is 127 Å². The maximum Gasteiger partial charge on any atom is 0.315 e. The van der Waals surface area contributed by atoms with Crippen LogP contribution in [0.25, 0.3) is 0 Å². The van der Waals surface area contributed by atoms with Gasteiger partial charge in [0.25, 0.3) is 0 Å². The van der Waals surface area contributed by atoms with Crippen molar-refractivity contribution < 1.29 is 33.0 Å². The first kappa shape index (κ1) is 19.6. The van der Waals surface area contributed by atoms with Gasteiger partial charge < -0.3 is 21.3 Å². The van der Waals surface area contributed by atoms with Crippen molar-refractivity contribution >= 4 is 27.7 Å². The monoisotopic (exact) mass is 332 g/mol. The lowest BCUT2D eigenvalue weighted by atomic mass is 10.2. The Bertz CT molecular complexity index is 628. The van der Waals surface area contributed by atoms with Gasteiger partial charge in [-0.25, -0.2) is 8.42 Å². The molecule has 0 aromatic rings. The fourth-order valence-corrected chi connectivity index (χ4v) is 1.64. The Morgan fingerprint density at radius 1 is 1.27 bits per heavy atom. The number of aliphatic carboxylic acids is 2. The van der Waals surface area contributed by atoms with Crippen molar-refractivity contribution in [2.45, 2.75) is 24.9 Å². The summed E-state index contributed by atoms with van der Waals surface area (Å²) in [6.45, 7) is 0. The topological polar surface area (TPSA) is 164 Å². The largest absolute Gasteiger partial charge is 0.481 e. The van der Waals surface area contributed by atoms with Gasteiger partial charge in [-0.3, -0.25) is 14.4 Å². The number of hydrogen-bond acceptors (Lipinski definition) is 6. The van der Waals surface area contributed by atoms with E-state index in [-0.39, 0.29) is 0 Å². The molecular weight excluding hydrogens is 316 g/mol. The Kier molecular flexibility index (Phi) is 7.85. The smallest absolute Gasteiger partial charge is 0.315 e. The molecule has 0 aliphatic rings. The van der Waals surface area contributed by atoms with E-state index in [4.69, 9.17) is 15.9 Å². The summed E-state index contributed by atoms with van der Waals surface area (Å²) < 4.78 is 22.0. The summed E-state index contributed by atoms with van der Waals surface area (Å²) in [4.78, 5) is 32.6. The van der Waals surface area contributed by atoms with Gasteiger partial charge in [0.15, 0.2) is 9.84 Å². The molecule has 2 unspecified atom stereocenters. The van der Waals surface area contributed by atoms with Gasteiger partial charge in [-0.1, -0.05) is 17.9 Å². The third-order valence-electron chi connectivity index (χ3n) is 2.06. The molecule has 1 amide bonds. The van der Waals surface area contributed by atoms with Crippen molar-refractivity contribution in [3.63, 3.8) is 0 Å². The molecule has 0 aliphatic carbocycles. The maximum atomic E-state index is 11.7. The van der Waals surface area contributed by atoms with E-state index in [1.54, 1.807) is 0 Å². The number of rotatable bonds is 7. The van der Waals surface area contributed by atoms with Crippen LogP contribution in [0.3, 0.4) is 0 Å². The zero-order valence-electron chi connectivity index (χ0n) is 11.6. The summed E-state index contributed by atoms with van der Waals surface area (Å²) in [5, 5.41) is 20.1. The maximum absolute atomic E-state index is 11.7. The molecular formula is C12H16N2O7S. The minimum absolute atomic E-state index is 0.493. The van der Waals surface area contributed by atoms with Crippen molar-refractivity contribution in [1.82, 2.24) is 5.32 Å². The van der Waals surface area contributed by atoms with E-state index in [9.17, 15) is 22.8 Å². The van der Waals surface area contributed by atoms with Crippen LogP contribution in [0.2, 0.25) is 0 Å². The third-order valence-corrected chi connectivity index (χ3v) is 2.71. The average Bonchev–Trinajstić information content (AvgIpc) is 2.33. The predicted octanol–water partition coefficient (Wildman–Crippen LogP) is -1.69. The fourth-order valence-electron chi connectivity index (χ4n) is 1.17. The van der Waals surface area contributed by atoms with Gasteiger partial charge in [0.1, 0.15) is 12.5 Å². The molecule has 2 atom stereocenters. The molecule has 122 valence electrons. The van der Waals surface area contributed by atoms with E-state index in [2.05, 4.69) is 17.2 Å². The Hall–Kier alpha value is -2.38. The van der Waals surface area contributed by atoms with Crippen LogP contribution in [-0.2, 0) is 24.2 Å².